The van der Waals surface area contributed by atoms with Gasteiger partial charge >= 0.3 is 253 Å². The predicted octanol–water partition coefficient (Wildman–Crippen LogP) is 10.7. The Bertz CT molecular complexity index is 1680. The van der Waals surface area contributed by atoms with Gasteiger partial charge in [-0.05, 0) is 0 Å². The fourth-order valence-electron chi connectivity index (χ4n) is 8.35. The summed E-state index contributed by atoms with van der Waals surface area (Å²) < 4.78 is 13.0. The molecular formula is C40H54Cl2Zr. The fraction of sp³-hybridized carbons (Fsp3) is 0.425. The molecule has 2 aliphatic rings. The van der Waals surface area contributed by atoms with Gasteiger partial charge in [0.15, 0.2) is 0 Å². The Balaban J connectivity index is 0.00000253. The van der Waals surface area contributed by atoms with Crippen LogP contribution in [0.25, 0.3) is 11.1 Å². The molecule has 0 nitrogen and oxygen atoms in total. The summed E-state index contributed by atoms with van der Waals surface area (Å²) in [5, 5.41) is 0. The first-order valence-electron chi connectivity index (χ1n) is 15.6. The van der Waals surface area contributed by atoms with Gasteiger partial charge in [0, 0.05) is 0 Å². The van der Waals surface area contributed by atoms with Gasteiger partial charge in [-0.25, -0.2) is 0 Å². The maximum atomic E-state index is 5.63. The third kappa shape index (κ3) is 5.71. The van der Waals surface area contributed by atoms with Crippen LogP contribution >= 0.6 is 24.8 Å². The molecule has 1 unspecified atom stereocenters. The summed E-state index contributed by atoms with van der Waals surface area (Å²) in [4.78, 5) is 0. The quantitative estimate of drug-likeness (QED) is 0.200. The standard InChI is InChI=1S/C21H25.C11H17.C6H5.CH3.CH2.2ClH.Zr/c1-20(2,3)16-7-9-18-14(12-16)11-15-13-17(21(4,5)6)8-10-19(15)18;1-8-6-9(2)10(7-8)11(3,4)5;1-2-4-6-5-3-1;;;;;/h7-10,12H,11H2,1-6H3;7-8H,1-5H3;1-5H;1H3;1H2;2*1H;. The second-order valence-corrected chi connectivity index (χ2v) is 30.4. The van der Waals surface area contributed by atoms with Gasteiger partial charge in [0.05, 0.1) is 0 Å². The van der Waals surface area contributed by atoms with Gasteiger partial charge in [0.2, 0.25) is 0 Å². The topological polar surface area (TPSA) is 0 Å². The Morgan fingerprint density at radius 1 is 0.744 bits per heavy atom. The molecule has 0 heterocycles. The zero-order valence-corrected chi connectivity index (χ0v) is 32.7. The van der Waals surface area contributed by atoms with Crippen LogP contribution in [0.5, 0.6) is 0 Å². The summed E-state index contributed by atoms with van der Waals surface area (Å²) in [6.07, 6.45) is 3.56. The molecule has 2 aliphatic carbocycles. The number of benzene rings is 3. The normalized spacial score (nSPS) is 17.1. The van der Waals surface area contributed by atoms with Crippen LogP contribution in [0.15, 0.2) is 81.2 Å². The first-order chi connectivity index (χ1) is 18.8. The first-order valence-corrected chi connectivity index (χ1v) is 23.5. The van der Waals surface area contributed by atoms with E-state index < -0.39 is 18.3 Å². The molecule has 43 heavy (non-hydrogen) atoms. The molecule has 0 saturated carbocycles. The van der Waals surface area contributed by atoms with Crippen molar-refractivity contribution in [2.75, 3.05) is 0 Å². The van der Waals surface area contributed by atoms with E-state index in [-0.39, 0.29) is 41.1 Å². The zero-order valence-electron chi connectivity index (χ0n) is 28.7. The molecule has 0 spiro atoms. The molecule has 0 radical (unpaired) electrons. The molecule has 0 fully saturated rings. The number of halogens is 2. The van der Waals surface area contributed by atoms with E-state index in [1.807, 2.05) is 0 Å². The molecule has 0 N–H and O–H groups in total. The predicted molar refractivity (Wildman–Crippen MR) is 195 cm³/mol. The molecule has 0 bridgehead atoms. The van der Waals surface area contributed by atoms with Crippen LogP contribution in [0.3, 0.4) is 0 Å². The van der Waals surface area contributed by atoms with Crippen molar-refractivity contribution in [1.82, 2.24) is 0 Å². The van der Waals surface area contributed by atoms with Crippen LogP contribution in [0.4, 0.5) is 0 Å². The minimum absolute atomic E-state index is 0. The van der Waals surface area contributed by atoms with E-state index in [1.54, 1.807) is 12.1 Å². The molecule has 3 aromatic rings. The Labute approximate surface area is 275 Å². The first kappa shape index (κ1) is 35.9. The van der Waals surface area contributed by atoms with E-state index in [0.717, 1.165) is 6.42 Å². The molecule has 232 valence electrons. The van der Waals surface area contributed by atoms with Gasteiger partial charge in [0.1, 0.15) is 0 Å². The van der Waals surface area contributed by atoms with Crippen LogP contribution in [0, 0.1) is 11.3 Å². The van der Waals surface area contributed by atoms with Crippen molar-refractivity contribution in [1.29, 1.82) is 0 Å². The summed E-state index contributed by atoms with van der Waals surface area (Å²) in [5.41, 5.74) is 12.0. The summed E-state index contributed by atoms with van der Waals surface area (Å²) in [6, 6.07) is 23.6. The molecule has 0 saturated heterocycles. The minimum atomic E-state index is -4.47. The van der Waals surface area contributed by atoms with Gasteiger partial charge in [0.25, 0.3) is 0 Å². The van der Waals surface area contributed by atoms with Crippen molar-refractivity contribution in [2.45, 2.75) is 98.0 Å². The van der Waals surface area contributed by atoms with E-state index in [2.05, 4.69) is 148 Å². The van der Waals surface area contributed by atoms with Crippen LogP contribution in [0.1, 0.15) is 98.4 Å². The third-order valence-corrected chi connectivity index (χ3v) is 25.2. The van der Waals surface area contributed by atoms with Gasteiger partial charge < -0.3 is 0 Å². The zero-order chi connectivity index (χ0) is 30.4. The van der Waals surface area contributed by atoms with Crippen molar-refractivity contribution in [3.63, 3.8) is 0 Å². The van der Waals surface area contributed by atoms with E-state index in [4.69, 9.17) is 4.21 Å². The molecular weight excluding hydrogens is 643 g/mol. The van der Waals surface area contributed by atoms with E-state index in [1.165, 1.54) is 42.2 Å². The summed E-state index contributed by atoms with van der Waals surface area (Å²) in [5.74, 6) is 0.373. The average Bonchev–Trinajstić information content (AvgIpc) is 3.39. The van der Waals surface area contributed by atoms with Gasteiger partial charge in [-0.15, -0.1) is 24.8 Å². The van der Waals surface area contributed by atoms with E-state index in [9.17, 15) is 0 Å². The molecule has 0 amide bonds. The third-order valence-electron chi connectivity index (χ3n) is 10.2. The summed E-state index contributed by atoms with van der Waals surface area (Å²) in [6.45, 7) is 26.1. The number of allylic oxidation sites excluding steroid dienone is 4. The van der Waals surface area contributed by atoms with Crippen molar-refractivity contribution < 1.29 is 18.3 Å². The molecule has 1 atom stereocenters. The van der Waals surface area contributed by atoms with Gasteiger partial charge in [-0.2, -0.15) is 0 Å². The van der Waals surface area contributed by atoms with E-state index >= 15 is 0 Å². The molecule has 0 aromatic heterocycles. The SMILES string of the molecule is Cl.Cl.[CH2]=[Zr]([CH3])([C]1=C(C)C(C(C)(C)C)=CC1C)([c]1ccccc1)[c]1c(C(C)(C)C)ccc2c1Cc1cc(C(C)(C)C)ccc1-2. The maximum absolute atomic E-state index is 5.63. The second kappa shape index (κ2) is 11.4. The Morgan fingerprint density at radius 3 is 1.84 bits per heavy atom. The van der Waals surface area contributed by atoms with Crippen LogP contribution in [-0.4, -0.2) is 4.21 Å². The number of hydrogen-bond donors (Lipinski definition) is 0. The molecule has 5 rings (SSSR count). The van der Waals surface area contributed by atoms with Gasteiger partial charge in [-0.3, -0.25) is 0 Å². The van der Waals surface area contributed by atoms with Crippen LogP contribution in [-0.2, 0) is 35.5 Å². The monoisotopic (exact) mass is 694 g/mol. The van der Waals surface area contributed by atoms with Crippen molar-refractivity contribution in [3.05, 3.63) is 103 Å². The van der Waals surface area contributed by atoms with Crippen molar-refractivity contribution >= 4 is 35.6 Å². The number of hydrogen-bond acceptors (Lipinski definition) is 0. The van der Waals surface area contributed by atoms with Crippen molar-refractivity contribution in [2.24, 2.45) is 11.3 Å². The number of rotatable bonds is 3. The van der Waals surface area contributed by atoms with Crippen molar-refractivity contribution in [3.8, 4) is 11.1 Å². The Hall–Kier alpha value is -1.53. The molecule has 0 aliphatic heterocycles. The summed E-state index contributed by atoms with van der Waals surface area (Å²) >= 11 is -4.47. The Morgan fingerprint density at radius 2 is 1.33 bits per heavy atom. The molecule has 3 aromatic carbocycles. The fourth-order valence-corrected chi connectivity index (χ4v) is 24.7. The Kier molecular flexibility index (Phi) is 9.51. The van der Waals surface area contributed by atoms with Crippen LogP contribution in [0.2, 0.25) is 4.63 Å². The average molecular weight is 697 g/mol. The van der Waals surface area contributed by atoms with E-state index in [0.29, 0.717) is 5.92 Å². The van der Waals surface area contributed by atoms with Crippen LogP contribution < -0.4 is 6.54 Å². The van der Waals surface area contributed by atoms with Gasteiger partial charge in [-0.1, -0.05) is 0 Å². The molecule has 3 heteroatoms. The summed E-state index contributed by atoms with van der Waals surface area (Å²) in [7, 11) is 0. The second-order valence-electron chi connectivity index (χ2n) is 16.6. The number of fused-ring (bicyclic) bond motifs is 3.